The first-order chi connectivity index (χ1) is 4.47. The highest BCUT2D eigenvalue weighted by molar-refractivity contribution is 5.57. The molecule has 1 aliphatic rings. The van der Waals surface area contributed by atoms with Crippen LogP contribution in [0.2, 0.25) is 0 Å². The predicted octanol–water partition coefficient (Wildman–Crippen LogP) is 1.69. The van der Waals surface area contributed by atoms with Crippen molar-refractivity contribution in [1.82, 2.24) is 0 Å². The van der Waals surface area contributed by atoms with Gasteiger partial charge in [0.1, 0.15) is 19.1 Å². The summed E-state index contributed by atoms with van der Waals surface area (Å²) in [5.74, 6) is 0.845. The molecule has 0 bridgehead atoms. The zero-order valence-corrected chi connectivity index (χ0v) is 4.83. The molecule has 0 saturated heterocycles. The van der Waals surface area contributed by atoms with Crippen molar-refractivity contribution in [3.8, 4) is 5.75 Å². The summed E-state index contributed by atoms with van der Waals surface area (Å²) >= 11 is 0. The van der Waals surface area contributed by atoms with E-state index in [1.807, 2.05) is 12.2 Å². The number of rotatable bonds is 0. The highest BCUT2D eigenvalue weighted by Crippen LogP contribution is 2.23. The SMILES string of the molecule is C1=Cc2cocc2OC1. The maximum Gasteiger partial charge on any atom is 0.165 e. The molecule has 1 aliphatic heterocycles. The second-order valence-electron chi connectivity index (χ2n) is 1.90. The lowest BCUT2D eigenvalue weighted by atomic mass is 10.2. The number of fused-ring (bicyclic) bond motifs is 1. The van der Waals surface area contributed by atoms with E-state index >= 15 is 0 Å². The van der Waals surface area contributed by atoms with Crippen LogP contribution in [-0.4, -0.2) is 6.61 Å². The Labute approximate surface area is 52.7 Å². The lowest BCUT2D eigenvalue weighted by molar-refractivity contribution is 0.354. The minimum atomic E-state index is 0.659. The predicted molar refractivity (Wildman–Crippen MR) is 33.2 cm³/mol. The summed E-state index contributed by atoms with van der Waals surface area (Å²) in [4.78, 5) is 0. The quantitative estimate of drug-likeness (QED) is 0.522. The van der Waals surface area contributed by atoms with Gasteiger partial charge in [-0.05, 0) is 12.2 Å². The Kier molecular flexibility index (Phi) is 0.859. The van der Waals surface area contributed by atoms with Crippen LogP contribution >= 0.6 is 0 Å². The lowest BCUT2D eigenvalue weighted by Crippen LogP contribution is -1.96. The summed E-state index contributed by atoms with van der Waals surface area (Å²) < 4.78 is 10.1. The van der Waals surface area contributed by atoms with E-state index in [4.69, 9.17) is 9.15 Å². The molecular formula is C7H6O2. The Morgan fingerprint density at radius 3 is 3.22 bits per heavy atom. The molecule has 0 atom stereocenters. The average molecular weight is 122 g/mol. The van der Waals surface area contributed by atoms with Crippen molar-refractivity contribution in [1.29, 1.82) is 0 Å². The Bertz CT molecular complexity index is 235. The van der Waals surface area contributed by atoms with Crippen LogP contribution in [0.3, 0.4) is 0 Å². The first-order valence-electron chi connectivity index (χ1n) is 2.82. The molecule has 2 heteroatoms. The minimum Gasteiger partial charge on any atom is -0.486 e. The normalized spacial score (nSPS) is 14.7. The van der Waals surface area contributed by atoms with Gasteiger partial charge in [0.25, 0.3) is 0 Å². The second-order valence-corrected chi connectivity index (χ2v) is 1.90. The van der Waals surface area contributed by atoms with Gasteiger partial charge in [-0.25, -0.2) is 0 Å². The number of ether oxygens (including phenoxy) is 1. The molecular weight excluding hydrogens is 116 g/mol. The van der Waals surface area contributed by atoms with Gasteiger partial charge in [0.05, 0.1) is 5.56 Å². The molecule has 0 spiro atoms. The van der Waals surface area contributed by atoms with Gasteiger partial charge in [-0.1, -0.05) is 0 Å². The maximum absolute atomic E-state index is 5.18. The molecule has 0 aliphatic carbocycles. The Morgan fingerprint density at radius 2 is 2.33 bits per heavy atom. The Hall–Kier alpha value is -1.18. The fourth-order valence-corrected chi connectivity index (χ4v) is 0.847. The van der Waals surface area contributed by atoms with Crippen molar-refractivity contribution in [2.24, 2.45) is 0 Å². The molecule has 9 heavy (non-hydrogen) atoms. The fraction of sp³-hybridized carbons (Fsp3) is 0.143. The lowest BCUT2D eigenvalue weighted by Gasteiger charge is -2.04. The molecule has 1 aromatic rings. The van der Waals surface area contributed by atoms with E-state index in [0.29, 0.717) is 6.61 Å². The molecule has 1 aromatic heterocycles. The van der Waals surface area contributed by atoms with E-state index in [9.17, 15) is 0 Å². The van der Waals surface area contributed by atoms with Crippen molar-refractivity contribution in [2.75, 3.05) is 6.61 Å². The molecule has 46 valence electrons. The zero-order chi connectivity index (χ0) is 6.10. The van der Waals surface area contributed by atoms with Crippen LogP contribution < -0.4 is 4.74 Å². The summed E-state index contributed by atoms with van der Waals surface area (Å²) in [5, 5.41) is 0. The summed E-state index contributed by atoms with van der Waals surface area (Å²) in [6, 6.07) is 0. The van der Waals surface area contributed by atoms with E-state index < -0.39 is 0 Å². The van der Waals surface area contributed by atoms with Crippen LogP contribution in [0.15, 0.2) is 23.0 Å². The van der Waals surface area contributed by atoms with Gasteiger partial charge in [-0.2, -0.15) is 0 Å². The minimum absolute atomic E-state index is 0.659. The first-order valence-corrected chi connectivity index (χ1v) is 2.82. The van der Waals surface area contributed by atoms with Gasteiger partial charge in [0.15, 0.2) is 5.75 Å². The summed E-state index contributed by atoms with van der Waals surface area (Å²) in [6.45, 7) is 0.659. The van der Waals surface area contributed by atoms with E-state index in [2.05, 4.69) is 0 Å². The third-order valence-electron chi connectivity index (χ3n) is 1.29. The number of hydrogen-bond acceptors (Lipinski definition) is 2. The molecule has 2 nitrogen and oxygen atoms in total. The Balaban J connectivity index is 2.53. The molecule has 0 aromatic carbocycles. The van der Waals surface area contributed by atoms with Crippen LogP contribution in [0.4, 0.5) is 0 Å². The molecule has 0 unspecified atom stereocenters. The van der Waals surface area contributed by atoms with Gasteiger partial charge in [0.2, 0.25) is 0 Å². The van der Waals surface area contributed by atoms with Gasteiger partial charge < -0.3 is 9.15 Å². The second kappa shape index (κ2) is 1.65. The van der Waals surface area contributed by atoms with Crippen molar-refractivity contribution in [3.05, 3.63) is 24.2 Å². The fourth-order valence-electron chi connectivity index (χ4n) is 0.847. The molecule has 0 radical (unpaired) electrons. The zero-order valence-electron chi connectivity index (χ0n) is 4.83. The maximum atomic E-state index is 5.18. The van der Waals surface area contributed by atoms with Gasteiger partial charge in [-0.15, -0.1) is 0 Å². The molecule has 0 N–H and O–H groups in total. The third-order valence-corrected chi connectivity index (χ3v) is 1.29. The van der Waals surface area contributed by atoms with Gasteiger partial charge in [-0.3, -0.25) is 0 Å². The largest absolute Gasteiger partial charge is 0.486 e. The van der Waals surface area contributed by atoms with Gasteiger partial charge >= 0.3 is 0 Å². The van der Waals surface area contributed by atoms with Crippen molar-refractivity contribution in [2.45, 2.75) is 0 Å². The standard InChI is InChI=1S/C7H6O2/c1-2-6-4-8-5-7(6)9-3-1/h1-2,4-5H,3H2. The highest BCUT2D eigenvalue weighted by Gasteiger charge is 2.05. The van der Waals surface area contributed by atoms with E-state index in [1.54, 1.807) is 12.5 Å². The highest BCUT2D eigenvalue weighted by atomic mass is 16.5. The van der Waals surface area contributed by atoms with Crippen LogP contribution in [-0.2, 0) is 0 Å². The molecule has 2 heterocycles. The smallest absolute Gasteiger partial charge is 0.165 e. The van der Waals surface area contributed by atoms with Crippen LogP contribution in [0.25, 0.3) is 6.08 Å². The summed E-state index contributed by atoms with van der Waals surface area (Å²) in [6.07, 6.45) is 7.23. The van der Waals surface area contributed by atoms with E-state index in [0.717, 1.165) is 11.3 Å². The third kappa shape index (κ3) is 0.633. The van der Waals surface area contributed by atoms with E-state index in [-0.39, 0.29) is 0 Å². The molecule has 0 saturated carbocycles. The number of furan rings is 1. The van der Waals surface area contributed by atoms with Crippen LogP contribution in [0.1, 0.15) is 5.56 Å². The Morgan fingerprint density at radius 1 is 1.33 bits per heavy atom. The molecule has 0 amide bonds. The molecule has 0 fully saturated rings. The number of hydrogen-bond donors (Lipinski definition) is 0. The van der Waals surface area contributed by atoms with Crippen molar-refractivity contribution in [3.63, 3.8) is 0 Å². The van der Waals surface area contributed by atoms with Crippen molar-refractivity contribution < 1.29 is 9.15 Å². The topological polar surface area (TPSA) is 22.4 Å². The van der Waals surface area contributed by atoms with Gasteiger partial charge in [0, 0.05) is 0 Å². The van der Waals surface area contributed by atoms with Crippen LogP contribution in [0, 0.1) is 0 Å². The van der Waals surface area contributed by atoms with Crippen molar-refractivity contribution >= 4 is 6.08 Å². The van der Waals surface area contributed by atoms with Crippen LogP contribution in [0.5, 0.6) is 5.75 Å². The average Bonchev–Trinajstić information content (AvgIpc) is 2.33. The first kappa shape index (κ1) is 4.68. The monoisotopic (exact) mass is 122 g/mol. The summed E-state index contributed by atoms with van der Waals surface area (Å²) in [5.41, 5.74) is 1.03. The summed E-state index contributed by atoms with van der Waals surface area (Å²) in [7, 11) is 0. The molecule has 2 rings (SSSR count). The van der Waals surface area contributed by atoms with E-state index in [1.165, 1.54) is 0 Å².